The Hall–Kier alpha value is -0.390. The van der Waals surface area contributed by atoms with Crippen LogP contribution < -0.4 is 4.89 Å². The Morgan fingerprint density at radius 3 is 2.22 bits per heavy atom. The first-order chi connectivity index (χ1) is 8.12. The van der Waals surface area contributed by atoms with Crippen molar-refractivity contribution in [1.29, 1.82) is 0 Å². The van der Waals surface area contributed by atoms with Crippen LogP contribution in [-0.2, 0) is 18.3 Å². The van der Waals surface area contributed by atoms with Gasteiger partial charge in [-0.1, -0.05) is 0 Å². The summed E-state index contributed by atoms with van der Waals surface area (Å²) in [7, 11) is 1.65. The lowest BCUT2D eigenvalue weighted by Gasteiger charge is -2.27. The average Bonchev–Trinajstić information content (AvgIpc) is 2.13. The standard InChI is InChI=1S/C11H24NO5P/c1-11(2)10-15-8-9-17-18(13,14)16-7-6-12(3,4)5/h10H,6-9H2,1-5H3. The van der Waals surface area contributed by atoms with Crippen LogP contribution in [0.25, 0.3) is 0 Å². The highest BCUT2D eigenvalue weighted by Gasteiger charge is 2.12. The molecule has 0 radical (unpaired) electrons. The van der Waals surface area contributed by atoms with Gasteiger partial charge in [-0.05, 0) is 19.4 Å². The monoisotopic (exact) mass is 281 g/mol. The Bertz CT molecular complexity index is 307. The molecule has 0 amide bonds. The lowest BCUT2D eigenvalue weighted by molar-refractivity contribution is -0.870. The van der Waals surface area contributed by atoms with Crippen molar-refractivity contribution in [3.63, 3.8) is 0 Å². The van der Waals surface area contributed by atoms with Gasteiger partial charge >= 0.3 is 0 Å². The van der Waals surface area contributed by atoms with Gasteiger partial charge in [0, 0.05) is 0 Å². The highest BCUT2D eigenvalue weighted by molar-refractivity contribution is 7.45. The van der Waals surface area contributed by atoms with Gasteiger partial charge in [-0.15, -0.1) is 0 Å². The molecular formula is C11H24NO5P. The molecule has 0 aromatic rings. The number of hydrogen-bond donors (Lipinski definition) is 0. The summed E-state index contributed by atoms with van der Waals surface area (Å²) in [6, 6.07) is 0. The van der Waals surface area contributed by atoms with E-state index in [1.165, 1.54) is 0 Å². The predicted octanol–water partition coefficient (Wildman–Crippen LogP) is 1.13. The van der Waals surface area contributed by atoms with E-state index in [2.05, 4.69) is 4.52 Å². The number of rotatable bonds is 9. The first-order valence-corrected chi connectivity index (χ1v) is 7.24. The number of ether oxygens (including phenoxy) is 1. The molecule has 0 saturated heterocycles. The Morgan fingerprint density at radius 2 is 1.72 bits per heavy atom. The van der Waals surface area contributed by atoms with Crippen molar-refractivity contribution < 1.29 is 27.7 Å². The number of nitrogens with zero attached hydrogens (tertiary/aromatic N) is 1. The molecule has 0 aromatic carbocycles. The van der Waals surface area contributed by atoms with Gasteiger partial charge in [0.25, 0.3) is 7.82 Å². The smallest absolute Gasteiger partial charge is 0.268 e. The van der Waals surface area contributed by atoms with Crippen molar-refractivity contribution >= 4 is 7.82 Å². The molecule has 18 heavy (non-hydrogen) atoms. The average molecular weight is 281 g/mol. The van der Waals surface area contributed by atoms with Crippen molar-refractivity contribution in [2.45, 2.75) is 13.8 Å². The van der Waals surface area contributed by atoms with Crippen LogP contribution in [0.2, 0.25) is 0 Å². The summed E-state index contributed by atoms with van der Waals surface area (Å²) in [5.74, 6) is 0. The van der Waals surface area contributed by atoms with E-state index in [1.807, 2.05) is 35.0 Å². The summed E-state index contributed by atoms with van der Waals surface area (Å²) in [6.07, 6.45) is 1.55. The largest absolute Gasteiger partial charge is 0.756 e. The summed E-state index contributed by atoms with van der Waals surface area (Å²) in [4.78, 5) is 11.3. The van der Waals surface area contributed by atoms with E-state index in [-0.39, 0.29) is 19.8 Å². The highest BCUT2D eigenvalue weighted by atomic mass is 31.2. The molecule has 108 valence electrons. The minimum atomic E-state index is -4.20. The molecule has 7 heteroatoms. The topological polar surface area (TPSA) is 67.8 Å². The third kappa shape index (κ3) is 12.1. The fourth-order valence-corrected chi connectivity index (χ4v) is 1.56. The zero-order valence-corrected chi connectivity index (χ0v) is 12.7. The van der Waals surface area contributed by atoms with Crippen LogP contribution in [0.4, 0.5) is 0 Å². The van der Waals surface area contributed by atoms with Crippen LogP contribution in [0.5, 0.6) is 0 Å². The predicted molar refractivity (Wildman–Crippen MR) is 67.8 cm³/mol. The van der Waals surface area contributed by atoms with Gasteiger partial charge in [0.1, 0.15) is 19.8 Å². The van der Waals surface area contributed by atoms with E-state index in [9.17, 15) is 9.46 Å². The summed E-state index contributed by atoms with van der Waals surface area (Å²) < 4.78 is 26.4. The summed E-state index contributed by atoms with van der Waals surface area (Å²) in [5, 5.41) is 0. The molecule has 0 bridgehead atoms. The molecule has 1 unspecified atom stereocenters. The molecule has 0 fully saturated rings. The van der Waals surface area contributed by atoms with Gasteiger partial charge in [0.15, 0.2) is 0 Å². The molecule has 0 heterocycles. The van der Waals surface area contributed by atoms with Crippen LogP contribution in [0.3, 0.4) is 0 Å². The molecular weight excluding hydrogens is 257 g/mol. The zero-order chi connectivity index (χ0) is 14.2. The molecule has 0 spiro atoms. The number of phosphoric acid groups is 1. The van der Waals surface area contributed by atoms with Crippen LogP contribution in [-0.4, -0.2) is 52.0 Å². The molecule has 6 nitrogen and oxygen atoms in total. The van der Waals surface area contributed by atoms with E-state index in [4.69, 9.17) is 9.26 Å². The molecule has 0 saturated carbocycles. The molecule has 0 aliphatic carbocycles. The van der Waals surface area contributed by atoms with E-state index in [1.54, 1.807) is 6.26 Å². The number of allylic oxidation sites excluding steroid dienone is 1. The number of phosphoric ester groups is 1. The van der Waals surface area contributed by atoms with Crippen molar-refractivity contribution in [3.8, 4) is 0 Å². The molecule has 0 aromatic heterocycles. The van der Waals surface area contributed by atoms with Gasteiger partial charge in [0.2, 0.25) is 0 Å². The summed E-state index contributed by atoms with van der Waals surface area (Å²) in [5.41, 5.74) is 1.000. The van der Waals surface area contributed by atoms with E-state index >= 15 is 0 Å². The van der Waals surface area contributed by atoms with Crippen LogP contribution >= 0.6 is 7.82 Å². The molecule has 0 rings (SSSR count). The number of hydrogen-bond acceptors (Lipinski definition) is 5. The van der Waals surface area contributed by atoms with Crippen LogP contribution in [0.15, 0.2) is 11.8 Å². The number of likely N-dealkylation sites (N-methyl/N-ethyl adjacent to an activating group) is 1. The molecule has 0 aliphatic rings. The van der Waals surface area contributed by atoms with Crippen molar-refractivity contribution in [2.24, 2.45) is 0 Å². The fraction of sp³-hybridized carbons (Fsp3) is 0.818. The van der Waals surface area contributed by atoms with Crippen molar-refractivity contribution in [3.05, 3.63) is 11.8 Å². The fourth-order valence-electron chi connectivity index (χ4n) is 0.887. The highest BCUT2D eigenvalue weighted by Crippen LogP contribution is 2.37. The maximum Gasteiger partial charge on any atom is 0.268 e. The lowest BCUT2D eigenvalue weighted by Crippen LogP contribution is -2.37. The van der Waals surface area contributed by atoms with Gasteiger partial charge < -0.3 is 23.2 Å². The Kier molecular flexibility index (Phi) is 7.75. The Labute approximate surface area is 109 Å². The normalized spacial score (nSPS) is 15.0. The first-order valence-electron chi connectivity index (χ1n) is 5.78. The Morgan fingerprint density at radius 1 is 1.17 bits per heavy atom. The maximum absolute atomic E-state index is 11.3. The van der Waals surface area contributed by atoms with Crippen molar-refractivity contribution in [1.82, 2.24) is 0 Å². The van der Waals surface area contributed by atoms with E-state index in [0.29, 0.717) is 11.0 Å². The SMILES string of the molecule is CC(C)=COCCOP(=O)([O-])OCC[N+](C)(C)C. The minimum absolute atomic E-state index is 0.0467. The van der Waals surface area contributed by atoms with Gasteiger partial charge in [-0.25, -0.2) is 0 Å². The van der Waals surface area contributed by atoms with Gasteiger partial charge in [-0.2, -0.15) is 0 Å². The Balaban J connectivity index is 3.74. The third-order valence-electron chi connectivity index (χ3n) is 1.78. The summed E-state index contributed by atoms with van der Waals surface area (Å²) in [6.45, 7) is 4.59. The van der Waals surface area contributed by atoms with Crippen LogP contribution in [0, 0.1) is 0 Å². The molecule has 1 atom stereocenters. The quantitative estimate of drug-likeness (QED) is 0.274. The van der Waals surface area contributed by atoms with Crippen LogP contribution in [0.1, 0.15) is 13.8 Å². The second kappa shape index (κ2) is 7.92. The molecule has 0 N–H and O–H groups in total. The second-order valence-electron chi connectivity index (χ2n) is 5.19. The molecule has 0 aliphatic heterocycles. The lowest BCUT2D eigenvalue weighted by atomic mass is 10.4. The van der Waals surface area contributed by atoms with Crippen molar-refractivity contribution in [2.75, 3.05) is 47.5 Å². The van der Waals surface area contributed by atoms with Gasteiger partial charge in [-0.3, -0.25) is 4.57 Å². The van der Waals surface area contributed by atoms with E-state index < -0.39 is 7.82 Å². The minimum Gasteiger partial charge on any atom is -0.756 e. The zero-order valence-electron chi connectivity index (χ0n) is 11.8. The maximum atomic E-state index is 11.3. The van der Waals surface area contributed by atoms with E-state index in [0.717, 1.165) is 5.57 Å². The summed E-state index contributed by atoms with van der Waals surface area (Å²) >= 11 is 0. The second-order valence-corrected chi connectivity index (χ2v) is 6.60. The third-order valence-corrected chi connectivity index (χ3v) is 2.78. The van der Waals surface area contributed by atoms with Gasteiger partial charge in [0.05, 0.1) is 34.0 Å². The number of quaternary nitrogens is 1. The first kappa shape index (κ1) is 17.6.